The number of hydrogen-bond donors (Lipinski definition) is 1. The van der Waals surface area contributed by atoms with Crippen molar-refractivity contribution in [1.82, 2.24) is 14.8 Å². The van der Waals surface area contributed by atoms with Crippen LogP contribution >= 0.6 is 11.8 Å². The van der Waals surface area contributed by atoms with Crippen LogP contribution in [0.25, 0.3) is 17.1 Å². The number of aromatic nitrogens is 3. The third-order valence-electron chi connectivity index (χ3n) is 5.30. The van der Waals surface area contributed by atoms with Crippen LogP contribution in [0.5, 0.6) is 17.2 Å². The summed E-state index contributed by atoms with van der Waals surface area (Å²) in [5.74, 6) is 2.79. The highest BCUT2D eigenvalue weighted by Gasteiger charge is 2.19. The maximum absolute atomic E-state index is 12.7. The van der Waals surface area contributed by atoms with E-state index in [0.29, 0.717) is 34.8 Å². The molecule has 0 saturated carbocycles. The molecule has 0 atom stereocenters. The van der Waals surface area contributed by atoms with Crippen molar-refractivity contribution in [1.29, 1.82) is 0 Å². The summed E-state index contributed by atoms with van der Waals surface area (Å²) in [4.78, 5) is 12.7. The Hall–Kier alpha value is -3.98. The van der Waals surface area contributed by atoms with E-state index in [0.717, 1.165) is 22.6 Å². The van der Waals surface area contributed by atoms with Crippen LogP contribution in [0.3, 0.4) is 0 Å². The smallest absolute Gasteiger partial charge is 0.234 e. The van der Waals surface area contributed by atoms with Gasteiger partial charge < -0.3 is 19.5 Å². The van der Waals surface area contributed by atoms with E-state index in [1.54, 1.807) is 18.2 Å². The van der Waals surface area contributed by atoms with Crippen molar-refractivity contribution in [2.75, 3.05) is 24.5 Å². The molecule has 1 amide bonds. The lowest BCUT2D eigenvalue weighted by Crippen LogP contribution is -2.14. The lowest BCUT2D eigenvalue weighted by Gasteiger charge is -2.12. The summed E-state index contributed by atoms with van der Waals surface area (Å²) in [6.45, 7) is 4.78. The maximum atomic E-state index is 12.7. The fraction of sp³-hybridized carbons (Fsp3) is 0.192. The number of rotatable bonds is 8. The number of benzene rings is 3. The topological polar surface area (TPSA) is 87.5 Å². The first-order chi connectivity index (χ1) is 17.1. The molecule has 0 unspecified atom stereocenters. The van der Waals surface area contributed by atoms with Gasteiger partial charge in [-0.25, -0.2) is 0 Å². The number of amides is 1. The van der Waals surface area contributed by atoms with Crippen molar-refractivity contribution in [3.05, 3.63) is 72.3 Å². The van der Waals surface area contributed by atoms with E-state index in [2.05, 4.69) is 21.6 Å². The molecule has 1 N–H and O–H groups in total. The van der Waals surface area contributed by atoms with Crippen LogP contribution in [0.15, 0.2) is 71.9 Å². The second-order valence-electron chi connectivity index (χ2n) is 7.84. The van der Waals surface area contributed by atoms with E-state index >= 15 is 0 Å². The molecule has 1 aliphatic rings. The molecule has 9 heteroatoms. The summed E-state index contributed by atoms with van der Waals surface area (Å²) in [7, 11) is 0. The van der Waals surface area contributed by atoms with Gasteiger partial charge in [-0.3, -0.25) is 9.36 Å². The van der Waals surface area contributed by atoms with Gasteiger partial charge in [-0.15, -0.1) is 10.2 Å². The van der Waals surface area contributed by atoms with Gasteiger partial charge in [0.1, 0.15) is 5.75 Å². The molecule has 3 aromatic carbocycles. The molecular formula is C26H24N4O4S. The Balaban J connectivity index is 1.38. The van der Waals surface area contributed by atoms with E-state index in [1.165, 1.54) is 11.8 Å². The van der Waals surface area contributed by atoms with Gasteiger partial charge in [0.2, 0.25) is 12.7 Å². The highest BCUT2D eigenvalue weighted by Crippen LogP contribution is 2.34. The molecule has 1 aliphatic heterocycles. The first-order valence-corrected chi connectivity index (χ1v) is 12.2. The number of carbonyl (C=O) groups is 1. The fourth-order valence-electron chi connectivity index (χ4n) is 3.73. The molecule has 178 valence electrons. The number of anilines is 1. The fourth-order valence-corrected chi connectivity index (χ4v) is 4.48. The van der Waals surface area contributed by atoms with Crippen LogP contribution in [-0.4, -0.2) is 39.8 Å². The normalized spacial score (nSPS) is 11.9. The summed E-state index contributed by atoms with van der Waals surface area (Å²) in [6, 6.07) is 21.2. The van der Waals surface area contributed by atoms with Gasteiger partial charge in [0.05, 0.1) is 12.4 Å². The van der Waals surface area contributed by atoms with Gasteiger partial charge in [0, 0.05) is 23.0 Å². The minimum atomic E-state index is -0.160. The Labute approximate surface area is 207 Å². The summed E-state index contributed by atoms with van der Waals surface area (Å²) < 4.78 is 18.3. The molecule has 0 bridgehead atoms. The lowest BCUT2D eigenvalue weighted by atomic mass is 10.1. The van der Waals surface area contributed by atoms with E-state index in [4.69, 9.17) is 14.2 Å². The number of carbonyl (C=O) groups excluding carboxylic acids is 1. The van der Waals surface area contributed by atoms with Crippen molar-refractivity contribution >= 4 is 23.4 Å². The van der Waals surface area contributed by atoms with Crippen molar-refractivity contribution in [2.45, 2.75) is 19.0 Å². The number of nitrogens with zero attached hydrogens (tertiary/aromatic N) is 3. The molecule has 4 aromatic rings. The minimum Gasteiger partial charge on any atom is -0.494 e. The van der Waals surface area contributed by atoms with E-state index in [1.807, 2.05) is 60.9 Å². The van der Waals surface area contributed by atoms with Crippen molar-refractivity contribution < 1.29 is 19.0 Å². The highest BCUT2D eigenvalue weighted by molar-refractivity contribution is 7.99. The Morgan fingerprint density at radius 1 is 1.06 bits per heavy atom. The number of ether oxygens (including phenoxy) is 3. The SMILES string of the molecule is CCOc1ccc(-n2c(SCC(=O)Nc3ccc4c(c3)OCO4)nnc2-c2cccc(C)c2)cc1. The third kappa shape index (κ3) is 5.09. The summed E-state index contributed by atoms with van der Waals surface area (Å²) in [5.41, 5.74) is 3.60. The van der Waals surface area contributed by atoms with E-state index in [-0.39, 0.29) is 18.5 Å². The minimum absolute atomic E-state index is 0.160. The third-order valence-corrected chi connectivity index (χ3v) is 6.23. The Bertz CT molecular complexity index is 1350. The molecule has 8 nitrogen and oxygen atoms in total. The summed E-state index contributed by atoms with van der Waals surface area (Å²) in [6.07, 6.45) is 0. The zero-order chi connectivity index (χ0) is 24.2. The first kappa shape index (κ1) is 22.8. The largest absolute Gasteiger partial charge is 0.494 e. The molecule has 5 rings (SSSR count). The van der Waals surface area contributed by atoms with Gasteiger partial charge in [-0.1, -0.05) is 35.5 Å². The van der Waals surface area contributed by atoms with Crippen LogP contribution in [-0.2, 0) is 4.79 Å². The zero-order valence-electron chi connectivity index (χ0n) is 19.4. The number of aryl methyl sites for hydroxylation is 1. The van der Waals surface area contributed by atoms with Crippen LogP contribution in [0.2, 0.25) is 0 Å². The Morgan fingerprint density at radius 2 is 1.89 bits per heavy atom. The van der Waals surface area contributed by atoms with Gasteiger partial charge in [0.15, 0.2) is 22.5 Å². The van der Waals surface area contributed by atoms with Crippen LogP contribution in [0, 0.1) is 6.92 Å². The highest BCUT2D eigenvalue weighted by atomic mass is 32.2. The lowest BCUT2D eigenvalue weighted by molar-refractivity contribution is -0.113. The van der Waals surface area contributed by atoms with Gasteiger partial charge >= 0.3 is 0 Å². The molecule has 0 aliphatic carbocycles. The maximum Gasteiger partial charge on any atom is 0.234 e. The molecule has 0 spiro atoms. The van der Waals surface area contributed by atoms with E-state index < -0.39 is 0 Å². The quantitative estimate of drug-likeness (QED) is 0.345. The average Bonchev–Trinajstić information content (AvgIpc) is 3.50. The van der Waals surface area contributed by atoms with Crippen molar-refractivity contribution in [3.63, 3.8) is 0 Å². The predicted molar refractivity (Wildman–Crippen MR) is 135 cm³/mol. The van der Waals surface area contributed by atoms with Crippen molar-refractivity contribution in [2.24, 2.45) is 0 Å². The van der Waals surface area contributed by atoms with Gasteiger partial charge in [-0.05, 0) is 56.3 Å². The number of hydrogen-bond acceptors (Lipinski definition) is 7. The number of fused-ring (bicyclic) bond motifs is 1. The second-order valence-corrected chi connectivity index (χ2v) is 8.79. The Kier molecular flexibility index (Phi) is 6.58. The van der Waals surface area contributed by atoms with Gasteiger partial charge in [-0.2, -0.15) is 0 Å². The summed E-state index contributed by atoms with van der Waals surface area (Å²) >= 11 is 1.32. The van der Waals surface area contributed by atoms with Gasteiger partial charge in [0.25, 0.3) is 0 Å². The number of nitrogens with one attached hydrogen (secondary N) is 1. The molecule has 0 radical (unpaired) electrons. The molecule has 2 heterocycles. The number of thioether (sulfide) groups is 1. The molecule has 1 aromatic heterocycles. The average molecular weight is 489 g/mol. The monoisotopic (exact) mass is 488 g/mol. The zero-order valence-corrected chi connectivity index (χ0v) is 20.2. The standard InChI is InChI=1S/C26H24N4O4S/c1-3-32-21-10-8-20(9-11-21)30-25(18-6-4-5-17(2)13-18)28-29-26(30)35-15-24(31)27-19-7-12-22-23(14-19)34-16-33-22/h4-14H,3,15-16H2,1-2H3,(H,27,31). The van der Waals surface area contributed by atoms with Crippen LogP contribution in [0.1, 0.15) is 12.5 Å². The molecule has 0 saturated heterocycles. The van der Waals surface area contributed by atoms with Crippen LogP contribution in [0.4, 0.5) is 5.69 Å². The molecule has 0 fully saturated rings. The van der Waals surface area contributed by atoms with E-state index in [9.17, 15) is 4.79 Å². The first-order valence-electron chi connectivity index (χ1n) is 11.2. The van der Waals surface area contributed by atoms with Crippen LogP contribution < -0.4 is 19.5 Å². The molecular weight excluding hydrogens is 464 g/mol. The Morgan fingerprint density at radius 3 is 2.69 bits per heavy atom. The molecule has 35 heavy (non-hydrogen) atoms. The van der Waals surface area contributed by atoms with Crippen molar-refractivity contribution in [3.8, 4) is 34.3 Å². The second kappa shape index (κ2) is 10.1. The predicted octanol–water partition coefficient (Wildman–Crippen LogP) is 5.10. The summed E-state index contributed by atoms with van der Waals surface area (Å²) in [5, 5.41) is 12.4.